The van der Waals surface area contributed by atoms with Gasteiger partial charge in [-0.2, -0.15) is 0 Å². The number of nitrogens with one attached hydrogen (secondary N) is 1. The zero-order valence-electron chi connectivity index (χ0n) is 17.1. The van der Waals surface area contributed by atoms with E-state index in [-0.39, 0.29) is 5.91 Å². The number of aromatic nitrogens is 2. The first-order chi connectivity index (χ1) is 14.0. The summed E-state index contributed by atoms with van der Waals surface area (Å²) in [6.07, 6.45) is 2.01. The van der Waals surface area contributed by atoms with Crippen LogP contribution in [0.3, 0.4) is 0 Å². The van der Waals surface area contributed by atoms with Crippen molar-refractivity contribution in [3.8, 4) is 11.5 Å². The lowest BCUT2D eigenvalue weighted by Crippen LogP contribution is -2.28. The van der Waals surface area contributed by atoms with Crippen LogP contribution in [0.5, 0.6) is 11.5 Å². The molecule has 6 nitrogen and oxygen atoms in total. The van der Waals surface area contributed by atoms with E-state index >= 15 is 0 Å². The summed E-state index contributed by atoms with van der Waals surface area (Å²) in [6.45, 7) is 4.60. The summed E-state index contributed by atoms with van der Waals surface area (Å²) < 4.78 is 5.81. The number of carbonyl (C=O) groups excluding carboxylic acids is 1. The SMILES string of the molecule is CCCCN(C)C(=O)c1cc(Nc2ccc(Oc3ccccc3)cc2)nc(C)n1. The maximum absolute atomic E-state index is 12.6. The van der Waals surface area contributed by atoms with Crippen LogP contribution in [0.15, 0.2) is 60.7 Å². The summed E-state index contributed by atoms with van der Waals surface area (Å²) in [5, 5.41) is 3.24. The van der Waals surface area contributed by atoms with Crippen molar-refractivity contribution >= 4 is 17.4 Å². The van der Waals surface area contributed by atoms with Gasteiger partial charge in [0.1, 0.15) is 28.8 Å². The van der Waals surface area contributed by atoms with Gasteiger partial charge in [0, 0.05) is 25.3 Å². The minimum absolute atomic E-state index is 0.0985. The number of amides is 1. The van der Waals surface area contributed by atoms with Crippen LogP contribution in [0.1, 0.15) is 36.1 Å². The van der Waals surface area contributed by atoms with Gasteiger partial charge in [-0.05, 0) is 49.7 Å². The quantitative estimate of drug-likeness (QED) is 0.573. The molecule has 0 aliphatic carbocycles. The van der Waals surface area contributed by atoms with Crippen LogP contribution in [0.25, 0.3) is 0 Å². The van der Waals surface area contributed by atoms with Gasteiger partial charge in [-0.1, -0.05) is 31.5 Å². The van der Waals surface area contributed by atoms with E-state index in [1.165, 1.54) is 0 Å². The number of hydrogen-bond acceptors (Lipinski definition) is 5. The van der Waals surface area contributed by atoms with Crippen molar-refractivity contribution in [2.45, 2.75) is 26.7 Å². The topological polar surface area (TPSA) is 67.4 Å². The highest BCUT2D eigenvalue weighted by atomic mass is 16.5. The number of unbranched alkanes of at least 4 members (excludes halogenated alkanes) is 1. The summed E-state index contributed by atoms with van der Waals surface area (Å²) in [6, 6.07) is 18.9. The van der Waals surface area contributed by atoms with Gasteiger partial charge in [-0.25, -0.2) is 9.97 Å². The average Bonchev–Trinajstić information content (AvgIpc) is 2.73. The minimum atomic E-state index is -0.0985. The highest BCUT2D eigenvalue weighted by Gasteiger charge is 2.15. The molecule has 1 N–H and O–H groups in total. The zero-order valence-corrected chi connectivity index (χ0v) is 17.1. The van der Waals surface area contributed by atoms with Crippen LogP contribution < -0.4 is 10.1 Å². The summed E-state index contributed by atoms with van der Waals surface area (Å²) in [7, 11) is 1.80. The number of nitrogens with zero attached hydrogens (tertiary/aromatic N) is 3. The van der Waals surface area contributed by atoms with Gasteiger partial charge >= 0.3 is 0 Å². The molecule has 0 fully saturated rings. The first-order valence-electron chi connectivity index (χ1n) is 9.76. The van der Waals surface area contributed by atoms with Gasteiger partial charge < -0.3 is 15.0 Å². The number of benzene rings is 2. The number of rotatable bonds is 8. The number of aryl methyl sites for hydroxylation is 1. The fourth-order valence-corrected chi connectivity index (χ4v) is 2.81. The van der Waals surface area contributed by atoms with Crippen LogP contribution in [0.2, 0.25) is 0 Å². The van der Waals surface area contributed by atoms with Crippen molar-refractivity contribution in [3.63, 3.8) is 0 Å². The van der Waals surface area contributed by atoms with E-state index in [1.54, 1.807) is 24.9 Å². The van der Waals surface area contributed by atoms with Gasteiger partial charge in [0.05, 0.1) is 0 Å². The molecule has 0 saturated heterocycles. The molecule has 1 heterocycles. The Kier molecular flexibility index (Phi) is 6.79. The third-order valence-corrected chi connectivity index (χ3v) is 4.36. The molecule has 2 aromatic carbocycles. The van der Waals surface area contributed by atoms with Crippen LogP contribution in [0.4, 0.5) is 11.5 Å². The predicted octanol–water partition coefficient (Wildman–Crippen LogP) is 5.19. The second-order valence-electron chi connectivity index (χ2n) is 6.83. The molecule has 1 aromatic heterocycles. The Hall–Kier alpha value is -3.41. The lowest BCUT2D eigenvalue weighted by atomic mass is 10.2. The Morgan fingerprint density at radius 2 is 1.72 bits per heavy atom. The summed E-state index contributed by atoms with van der Waals surface area (Å²) in [4.78, 5) is 23.0. The van der Waals surface area contributed by atoms with E-state index in [4.69, 9.17) is 4.74 Å². The Morgan fingerprint density at radius 3 is 2.41 bits per heavy atom. The fourth-order valence-electron chi connectivity index (χ4n) is 2.81. The molecule has 0 unspecified atom stereocenters. The molecule has 6 heteroatoms. The molecule has 0 aliphatic heterocycles. The van der Waals surface area contributed by atoms with Gasteiger partial charge in [0.15, 0.2) is 0 Å². The lowest BCUT2D eigenvalue weighted by Gasteiger charge is -2.17. The summed E-state index contributed by atoms with van der Waals surface area (Å²) >= 11 is 0. The van der Waals surface area contributed by atoms with E-state index in [9.17, 15) is 4.79 Å². The second-order valence-corrected chi connectivity index (χ2v) is 6.83. The number of hydrogen-bond donors (Lipinski definition) is 1. The molecular weight excluding hydrogens is 364 g/mol. The van der Waals surface area contributed by atoms with Crippen LogP contribution in [0, 0.1) is 6.92 Å². The van der Waals surface area contributed by atoms with E-state index < -0.39 is 0 Å². The van der Waals surface area contributed by atoms with Gasteiger partial charge in [-0.3, -0.25) is 4.79 Å². The fraction of sp³-hybridized carbons (Fsp3) is 0.261. The second kappa shape index (κ2) is 9.68. The molecule has 0 aliphatic rings. The van der Waals surface area contributed by atoms with Gasteiger partial charge in [-0.15, -0.1) is 0 Å². The molecular formula is C23H26N4O2. The maximum atomic E-state index is 12.6. The first-order valence-corrected chi connectivity index (χ1v) is 9.76. The zero-order chi connectivity index (χ0) is 20.6. The molecule has 3 rings (SSSR count). The number of para-hydroxylation sites is 1. The average molecular weight is 390 g/mol. The molecule has 150 valence electrons. The Morgan fingerprint density at radius 1 is 1.03 bits per heavy atom. The standard InChI is InChI=1S/C23H26N4O2/c1-4-5-15-27(3)23(28)21-16-22(25-17(2)24-21)26-18-11-13-20(14-12-18)29-19-9-7-6-8-10-19/h6-14,16H,4-5,15H2,1-3H3,(H,24,25,26). The smallest absolute Gasteiger partial charge is 0.272 e. The van der Waals surface area contributed by atoms with Crippen LogP contribution in [-0.4, -0.2) is 34.4 Å². The summed E-state index contributed by atoms with van der Waals surface area (Å²) in [5.41, 5.74) is 1.24. The van der Waals surface area contributed by atoms with E-state index in [0.29, 0.717) is 23.9 Å². The van der Waals surface area contributed by atoms with Crippen molar-refractivity contribution in [1.82, 2.24) is 14.9 Å². The normalized spacial score (nSPS) is 10.4. The molecule has 0 bridgehead atoms. The van der Waals surface area contributed by atoms with Crippen molar-refractivity contribution in [1.29, 1.82) is 0 Å². The molecule has 0 spiro atoms. The highest BCUT2D eigenvalue weighted by molar-refractivity contribution is 5.93. The van der Waals surface area contributed by atoms with Crippen molar-refractivity contribution in [3.05, 3.63) is 72.2 Å². The van der Waals surface area contributed by atoms with E-state index in [2.05, 4.69) is 22.2 Å². The predicted molar refractivity (Wildman–Crippen MR) is 115 cm³/mol. The summed E-state index contributed by atoms with van der Waals surface area (Å²) in [5.74, 6) is 2.57. The third kappa shape index (κ3) is 5.78. The largest absolute Gasteiger partial charge is 0.457 e. The van der Waals surface area contributed by atoms with Gasteiger partial charge in [0.2, 0.25) is 0 Å². The monoisotopic (exact) mass is 390 g/mol. The molecule has 0 saturated carbocycles. The maximum Gasteiger partial charge on any atom is 0.272 e. The Bertz CT molecular complexity index is 943. The molecule has 29 heavy (non-hydrogen) atoms. The third-order valence-electron chi connectivity index (χ3n) is 4.36. The first kappa shape index (κ1) is 20.3. The molecule has 0 atom stereocenters. The van der Waals surface area contributed by atoms with Crippen molar-refractivity contribution in [2.24, 2.45) is 0 Å². The lowest BCUT2D eigenvalue weighted by molar-refractivity contribution is 0.0787. The Balaban J connectivity index is 1.69. The number of ether oxygens (including phenoxy) is 1. The van der Waals surface area contributed by atoms with Crippen LogP contribution >= 0.6 is 0 Å². The van der Waals surface area contributed by atoms with E-state index in [1.807, 2.05) is 54.6 Å². The highest BCUT2D eigenvalue weighted by Crippen LogP contribution is 2.24. The number of carbonyl (C=O) groups is 1. The minimum Gasteiger partial charge on any atom is -0.457 e. The van der Waals surface area contributed by atoms with E-state index in [0.717, 1.165) is 30.0 Å². The molecule has 1 amide bonds. The Labute approximate surface area is 171 Å². The van der Waals surface area contributed by atoms with Gasteiger partial charge in [0.25, 0.3) is 5.91 Å². The van der Waals surface area contributed by atoms with Crippen LogP contribution in [-0.2, 0) is 0 Å². The van der Waals surface area contributed by atoms with Crippen molar-refractivity contribution in [2.75, 3.05) is 18.9 Å². The van der Waals surface area contributed by atoms with Crippen molar-refractivity contribution < 1.29 is 9.53 Å². The molecule has 0 radical (unpaired) electrons. The number of anilines is 2. The molecule has 3 aromatic rings.